The lowest BCUT2D eigenvalue weighted by molar-refractivity contribution is 0.0738. The maximum atomic E-state index is 12.4. The number of carbonyl (C=O) groups is 1. The van der Waals surface area contributed by atoms with Crippen molar-refractivity contribution in [2.75, 3.05) is 12.0 Å². The van der Waals surface area contributed by atoms with Crippen LogP contribution in [0.3, 0.4) is 0 Å². The minimum Gasteiger partial charge on any atom is -0.495 e. The Bertz CT molecular complexity index is 929. The molecule has 1 aliphatic heterocycles. The monoisotopic (exact) mass is 321 g/mol. The Morgan fingerprint density at radius 1 is 1.04 bits per heavy atom. The van der Waals surface area contributed by atoms with E-state index < -0.39 is 5.97 Å². The van der Waals surface area contributed by atoms with Gasteiger partial charge in [0.15, 0.2) is 5.75 Å². The van der Waals surface area contributed by atoms with Gasteiger partial charge in [-0.15, -0.1) is 0 Å². The van der Waals surface area contributed by atoms with Gasteiger partial charge >= 0.3 is 5.97 Å². The van der Waals surface area contributed by atoms with E-state index in [2.05, 4.69) is 0 Å². The number of nitrogens with zero attached hydrogens (tertiary/aromatic N) is 1. The molecule has 0 saturated carbocycles. The third-order valence-corrected chi connectivity index (χ3v) is 3.96. The number of methoxy groups -OCH3 is 1. The topological polar surface area (TPSA) is 51.9 Å². The molecule has 5 heteroatoms. The van der Waals surface area contributed by atoms with E-state index in [1.807, 2.05) is 42.2 Å². The fourth-order valence-electron chi connectivity index (χ4n) is 2.84. The first kappa shape index (κ1) is 14.4. The molecule has 4 rings (SSSR count). The average molecular weight is 321 g/mol. The Morgan fingerprint density at radius 3 is 2.71 bits per heavy atom. The highest BCUT2D eigenvalue weighted by Gasteiger charge is 2.31. The van der Waals surface area contributed by atoms with Gasteiger partial charge in [-0.05, 0) is 36.8 Å². The largest absolute Gasteiger partial charge is 0.495 e. The number of benzene rings is 2. The third kappa shape index (κ3) is 2.13. The minimum absolute atomic E-state index is 0.374. The zero-order chi connectivity index (χ0) is 16.7. The molecule has 0 amide bonds. The smallest absolute Gasteiger partial charge is 0.345 e. The zero-order valence-electron chi connectivity index (χ0n) is 13.3. The van der Waals surface area contributed by atoms with Crippen LogP contribution in [0, 0.1) is 6.92 Å². The number of fused-ring (bicyclic) bond motifs is 2. The molecular weight excluding hydrogens is 306 g/mol. The third-order valence-electron chi connectivity index (χ3n) is 3.96. The fourth-order valence-corrected chi connectivity index (χ4v) is 2.84. The Hall–Kier alpha value is -3.21. The second-order valence-corrected chi connectivity index (χ2v) is 5.51. The highest BCUT2D eigenvalue weighted by molar-refractivity contribution is 6.02. The van der Waals surface area contributed by atoms with Gasteiger partial charge in [0.1, 0.15) is 5.75 Å². The van der Waals surface area contributed by atoms with Crippen LogP contribution in [0.4, 0.5) is 17.3 Å². The van der Waals surface area contributed by atoms with Crippen molar-refractivity contribution in [1.82, 2.24) is 0 Å². The van der Waals surface area contributed by atoms with Crippen LogP contribution in [0.2, 0.25) is 0 Å². The predicted molar refractivity (Wildman–Crippen MR) is 89.6 cm³/mol. The number of aryl methyl sites for hydroxylation is 1. The summed E-state index contributed by atoms with van der Waals surface area (Å²) in [7, 11) is 1.62. The molecule has 1 aliphatic rings. The summed E-state index contributed by atoms with van der Waals surface area (Å²) in [6.07, 6.45) is 1.50. The van der Waals surface area contributed by atoms with E-state index >= 15 is 0 Å². The standard InChI is InChI=1S/C19H15NO4/c1-12-7-8-15(17(11-12)22-2)20-14-6-4-3-5-13(14)19(21)24-16-9-10-23-18(16)20/h3-11H,1-2H3. The molecule has 5 nitrogen and oxygen atoms in total. The fraction of sp³-hybridized carbons (Fsp3) is 0.105. The van der Waals surface area contributed by atoms with Crippen LogP contribution in [0.15, 0.2) is 59.2 Å². The molecule has 120 valence electrons. The van der Waals surface area contributed by atoms with Crippen LogP contribution < -0.4 is 14.4 Å². The Kier molecular flexibility index (Phi) is 3.27. The molecule has 0 radical (unpaired) electrons. The molecule has 0 N–H and O–H groups in total. The van der Waals surface area contributed by atoms with Gasteiger partial charge in [0, 0.05) is 6.07 Å². The first-order chi connectivity index (χ1) is 11.7. The van der Waals surface area contributed by atoms with E-state index in [9.17, 15) is 4.79 Å². The van der Waals surface area contributed by atoms with Gasteiger partial charge < -0.3 is 13.9 Å². The van der Waals surface area contributed by atoms with Crippen LogP contribution in [0.5, 0.6) is 11.5 Å². The summed E-state index contributed by atoms with van der Waals surface area (Å²) in [6.45, 7) is 1.99. The van der Waals surface area contributed by atoms with E-state index in [0.29, 0.717) is 28.6 Å². The summed E-state index contributed by atoms with van der Waals surface area (Å²) in [6, 6.07) is 14.8. The number of hydrogen-bond donors (Lipinski definition) is 0. The van der Waals surface area contributed by atoms with Crippen molar-refractivity contribution >= 4 is 23.2 Å². The molecule has 0 spiro atoms. The van der Waals surface area contributed by atoms with Crippen molar-refractivity contribution in [3.05, 3.63) is 65.9 Å². The van der Waals surface area contributed by atoms with E-state index in [1.165, 1.54) is 6.26 Å². The normalized spacial score (nSPS) is 12.9. The van der Waals surface area contributed by atoms with Gasteiger partial charge in [-0.2, -0.15) is 0 Å². The van der Waals surface area contributed by atoms with E-state index in [4.69, 9.17) is 13.9 Å². The number of carbonyl (C=O) groups excluding carboxylic acids is 1. The molecule has 0 saturated heterocycles. The zero-order valence-corrected chi connectivity index (χ0v) is 13.3. The van der Waals surface area contributed by atoms with E-state index in [1.54, 1.807) is 25.3 Å². The van der Waals surface area contributed by atoms with Crippen molar-refractivity contribution in [2.24, 2.45) is 0 Å². The molecule has 0 atom stereocenters. The van der Waals surface area contributed by atoms with Crippen molar-refractivity contribution in [1.29, 1.82) is 0 Å². The molecule has 1 aromatic heterocycles. The molecule has 0 fully saturated rings. The number of para-hydroxylation sites is 1. The number of rotatable bonds is 2. The van der Waals surface area contributed by atoms with Gasteiger partial charge in [0.2, 0.25) is 5.88 Å². The average Bonchev–Trinajstić information content (AvgIpc) is 3.00. The van der Waals surface area contributed by atoms with Gasteiger partial charge in [-0.3, -0.25) is 4.90 Å². The van der Waals surface area contributed by atoms with Gasteiger partial charge in [0.05, 0.1) is 30.3 Å². The number of hydrogen-bond acceptors (Lipinski definition) is 5. The summed E-state index contributed by atoms with van der Waals surface area (Å²) in [5.41, 5.74) is 2.99. The first-order valence-electron chi connectivity index (χ1n) is 7.52. The van der Waals surface area contributed by atoms with Crippen LogP contribution >= 0.6 is 0 Å². The maximum Gasteiger partial charge on any atom is 0.345 e. The molecular formula is C19H15NO4. The van der Waals surface area contributed by atoms with Crippen molar-refractivity contribution in [3.63, 3.8) is 0 Å². The van der Waals surface area contributed by atoms with E-state index in [0.717, 1.165) is 11.3 Å². The maximum absolute atomic E-state index is 12.4. The molecule has 0 unspecified atom stereocenters. The molecule has 3 aromatic rings. The van der Waals surface area contributed by atoms with Crippen molar-refractivity contribution in [2.45, 2.75) is 6.92 Å². The molecule has 0 aliphatic carbocycles. The number of furan rings is 1. The van der Waals surface area contributed by atoms with Gasteiger partial charge in [-0.25, -0.2) is 4.79 Å². The quantitative estimate of drug-likeness (QED) is 0.646. The van der Waals surface area contributed by atoms with Crippen molar-refractivity contribution in [3.8, 4) is 11.5 Å². The SMILES string of the molecule is COc1cc(C)ccc1N1c2ccccc2C(=O)Oc2ccoc21. The summed E-state index contributed by atoms with van der Waals surface area (Å²) < 4.78 is 16.6. The number of ether oxygens (including phenoxy) is 2. The Labute approximate surface area is 139 Å². The molecule has 2 heterocycles. The lowest BCUT2D eigenvalue weighted by atomic mass is 10.1. The second kappa shape index (κ2) is 5.45. The van der Waals surface area contributed by atoms with E-state index in [-0.39, 0.29) is 0 Å². The van der Waals surface area contributed by atoms with Gasteiger partial charge in [-0.1, -0.05) is 18.2 Å². The first-order valence-corrected chi connectivity index (χ1v) is 7.52. The molecule has 2 aromatic carbocycles. The number of esters is 1. The van der Waals surface area contributed by atoms with Crippen molar-refractivity contribution < 1.29 is 18.7 Å². The lowest BCUT2D eigenvalue weighted by Gasteiger charge is -2.24. The molecule has 0 bridgehead atoms. The second-order valence-electron chi connectivity index (χ2n) is 5.51. The highest BCUT2D eigenvalue weighted by atomic mass is 16.5. The van der Waals surface area contributed by atoms with Gasteiger partial charge in [0.25, 0.3) is 0 Å². The Balaban J connectivity index is 2.02. The molecule has 24 heavy (non-hydrogen) atoms. The predicted octanol–water partition coefficient (Wildman–Crippen LogP) is 4.60. The van der Waals surface area contributed by atoms with Crippen LogP contribution in [-0.4, -0.2) is 13.1 Å². The summed E-state index contributed by atoms with van der Waals surface area (Å²) >= 11 is 0. The number of anilines is 3. The Morgan fingerprint density at radius 2 is 1.88 bits per heavy atom. The summed E-state index contributed by atoms with van der Waals surface area (Å²) in [4.78, 5) is 14.3. The minimum atomic E-state index is -0.415. The summed E-state index contributed by atoms with van der Waals surface area (Å²) in [5.74, 6) is 1.08. The summed E-state index contributed by atoms with van der Waals surface area (Å²) in [5, 5.41) is 0. The highest BCUT2D eigenvalue weighted by Crippen LogP contribution is 2.47. The lowest BCUT2D eigenvalue weighted by Crippen LogP contribution is -2.12. The van der Waals surface area contributed by atoms with Crippen LogP contribution in [0.25, 0.3) is 0 Å². The van der Waals surface area contributed by atoms with Crippen LogP contribution in [-0.2, 0) is 0 Å². The van der Waals surface area contributed by atoms with Crippen LogP contribution in [0.1, 0.15) is 15.9 Å².